The minimum absolute atomic E-state index is 0.0287. The summed E-state index contributed by atoms with van der Waals surface area (Å²) < 4.78 is 16.2. The number of anilines is 1. The summed E-state index contributed by atoms with van der Waals surface area (Å²) in [5, 5.41) is 19.6. The molecule has 4 aromatic heterocycles. The smallest absolute Gasteiger partial charge is 0.233 e. The van der Waals surface area contributed by atoms with E-state index in [0.717, 1.165) is 31.7 Å². The summed E-state index contributed by atoms with van der Waals surface area (Å²) in [5.74, 6) is 2.56. The maximum absolute atomic E-state index is 12.5. The van der Waals surface area contributed by atoms with Crippen LogP contribution in [0.5, 0.6) is 5.88 Å². The molecule has 34 heavy (non-hydrogen) atoms. The minimum Gasteiger partial charge on any atom is -0.475 e. The molecule has 0 atom stereocenters. The molecule has 0 aliphatic carbocycles. The number of carbonyl (C=O) groups is 1. The highest BCUT2D eigenvalue weighted by Crippen LogP contribution is 2.24. The number of amides is 1. The third-order valence-electron chi connectivity index (χ3n) is 5.68. The van der Waals surface area contributed by atoms with Crippen LogP contribution < -0.4 is 15.0 Å². The molecule has 10 heteroatoms. The molecule has 0 saturated carbocycles. The molecule has 0 radical (unpaired) electrons. The number of ether oxygens (including phenoxy) is 1. The number of carbonyl (C=O) groups excluding carboxylic acids is 1. The lowest BCUT2D eigenvalue weighted by Gasteiger charge is -2.31. The molecule has 0 aromatic carbocycles. The number of piperidine rings is 1. The van der Waals surface area contributed by atoms with E-state index in [4.69, 9.17) is 13.6 Å². The first kappa shape index (κ1) is 21.6. The van der Waals surface area contributed by atoms with Crippen molar-refractivity contribution in [3.63, 3.8) is 0 Å². The van der Waals surface area contributed by atoms with Gasteiger partial charge in [-0.2, -0.15) is 0 Å². The van der Waals surface area contributed by atoms with Crippen LogP contribution in [0.25, 0.3) is 22.9 Å². The molecule has 1 N–H and O–H groups in total. The number of hydrogen-bond donors (Lipinski definition) is 1. The summed E-state index contributed by atoms with van der Waals surface area (Å²) in [6.07, 6.45) is 4.71. The van der Waals surface area contributed by atoms with Gasteiger partial charge in [0.25, 0.3) is 0 Å². The maximum Gasteiger partial charge on any atom is 0.233 e. The van der Waals surface area contributed by atoms with Gasteiger partial charge in [-0.15, -0.1) is 20.4 Å². The van der Waals surface area contributed by atoms with E-state index in [1.165, 1.54) is 0 Å². The van der Waals surface area contributed by atoms with Crippen LogP contribution in [-0.2, 0) is 4.79 Å². The van der Waals surface area contributed by atoms with E-state index in [1.807, 2.05) is 30.3 Å². The fraction of sp³-hybridized carbons (Fsp3) is 0.292. The molecule has 0 bridgehead atoms. The van der Waals surface area contributed by atoms with Gasteiger partial charge < -0.3 is 23.8 Å². The van der Waals surface area contributed by atoms with Gasteiger partial charge in [0, 0.05) is 25.1 Å². The molecule has 174 valence electrons. The Kier molecular flexibility index (Phi) is 6.46. The molecular formula is C24H24N6O4. The lowest BCUT2D eigenvalue weighted by molar-refractivity contribution is -0.125. The lowest BCUT2D eigenvalue weighted by Crippen LogP contribution is -2.41. The van der Waals surface area contributed by atoms with Crippen molar-refractivity contribution in [1.29, 1.82) is 0 Å². The van der Waals surface area contributed by atoms with Crippen LogP contribution in [0.2, 0.25) is 0 Å². The zero-order valence-corrected chi connectivity index (χ0v) is 18.5. The van der Waals surface area contributed by atoms with Gasteiger partial charge in [0.15, 0.2) is 17.3 Å². The molecule has 1 aliphatic heterocycles. The van der Waals surface area contributed by atoms with Crippen molar-refractivity contribution >= 4 is 11.7 Å². The predicted octanol–water partition coefficient (Wildman–Crippen LogP) is 3.20. The molecule has 4 aromatic rings. The van der Waals surface area contributed by atoms with Crippen LogP contribution in [0, 0.1) is 5.92 Å². The highest BCUT2D eigenvalue weighted by Gasteiger charge is 2.25. The average Bonchev–Trinajstić information content (AvgIpc) is 3.62. The summed E-state index contributed by atoms with van der Waals surface area (Å²) in [4.78, 5) is 14.7. The van der Waals surface area contributed by atoms with E-state index in [9.17, 15) is 4.79 Å². The topological polar surface area (TPSA) is 119 Å². The third-order valence-corrected chi connectivity index (χ3v) is 5.68. The van der Waals surface area contributed by atoms with Crippen LogP contribution in [0.15, 0.2) is 69.9 Å². The molecule has 10 nitrogen and oxygen atoms in total. The third kappa shape index (κ3) is 5.06. The summed E-state index contributed by atoms with van der Waals surface area (Å²) in [7, 11) is 0. The fourth-order valence-electron chi connectivity index (χ4n) is 3.85. The number of nitrogens with one attached hydrogen (secondary N) is 1. The second-order valence-electron chi connectivity index (χ2n) is 7.89. The van der Waals surface area contributed by atoms with Crippen molar-refractivity contribution in [1.82, 2.24) is 25.7 Å². The number of aromatic nitrogens is 4. The van der Waals surface area contributed by atoms with Crippen LogP contribution in [0.1, 0.15) is 12.8 Å². The number of hydrogen-bond acceptors (Lipinski definition) is 9. The monoisotopic (exact) mass is 460 g/mol. The molecule has 5 rings (SSSR count). The van der Waals surface area contributed by atoms with Gasteiger partial charge in [-0.3, -0.25) is 4.79 Å². The zero-order chi connectivity index (χ0) is 23.2. The van der Waals surface area contributed by atoms with E-state index >= 15 is 0 Å². The van der Waals surface area contributed by atoms with E-state index in [-0.39, 0.29) is 11.8 Å². The standard InChI is InChI=1S/C24H24N6O4/c31-24(25-11-16-34-23-8-6-19(27-29-23)21-4-2-15-33-21)17-9-12-30(13-10-17)22-7-5-18(26-28-22)20-3-1-14-32-20/h1-8,14-15,17H,9-13,16H2,(H,25,31). The van der Waals surface area contributed by atoms with Crippen LogP contribution in [0.3, 0.4) is 0 Å². The Labute approximate surface area is 196 Å². The zero-order valence-electron chi connectivity index (χ0n) is 18.5. The highest BCUT2D eigenvalue weighted by molar-refractivity contribution is 5.79. The SMILES string of the molecule is O=C(NCCOc1ccc(-c2ccco2)nn1)C1CCN(c2ccc(-c3ccco3)nn2)CC1. The van der Waals surface area contributed by atoms with Crippen molar-refractivity contribution in [2.75, 3.05) is 31.1 Å². The van der Waals surface area contributed by atoms with E-state index in [0.29, 0.717) is 41.9 Å². The summed E-state index contributed by atoms with van der Waals surface area (Å²) in [6, 6.07) is 14.6. The van der Waals surface area contributed by atoms with Crippen LogP contribution >= 0.6 is 0 Å². The lowest BCUT2D eigenvalue weighted by atomic mass is 9.96. The van der Waals surface area contributed by atoms with Crippen molar-refractivity contribution in [2.24, 2.45) is 5.92 Å². The van der Waals surface area contributed by atoms with E-state index < -0.39 is 0 Å². The first-order valence-electron chi connectivity index (χ1n) is 11.2. The summed E-state index contributed by atoms with van der Waals surface area (Å²) >= 11 is 0. The minimum atomic E-state index is -0.0287. The molecule has 0 unspecified atom stereocenters. The van der Waals surface area contributed by atoms with Gasteiger partial charge in [0.2, 0.25) is 11.8 Å². The van der Waals surface area contributed by atoms with Gasteiger partial charge in [0.05, 0.1) is 19.1 Å². The number of nitrogens with zero attached hydrogens (tertiary/aromatic N) is 5. The quantitative estimate of drug-likeness (QED) is 0.395. The average molecular weight is 460 g/mol. The van der Waals surface area contributed by atoms with Gasteiger partial charge in [-0.05, 0) is 55.3 Å². The van der Waals surface area contributed by atoms with Crippen molar-refractivity contribution < 1.29 is 18.4 Å². The summed E-state index contributed by atoms with van der Waals surface area (Å²) in [5.41, 5.74) is 1.33. The number of furan rings is 2. The second kappa shape index (κ2) is 10.2. The van der Waals surface area contributed by atoms with Crippen LogP contribution in [-0.4, -0.2) is 52.5 Å². The Morgan fingerprint density at radius 3 is 2.15 bits per heavy atom. The normalized spacial score (nSPS) is 14.2. The largest absolute Gasteiger partial charge is 0.475 e. The maximum atomic E-state index is 12.5. The molecule has 5 heterocycles. The van der Waals surface area contributed by atoms with Crippen molar-refractivity contribution in [2.45, 2.75) is 12.8 Å². The molecule has 0 spiro atoms. The molecule has 1 saturated heterocycles. The Bertz CT molecular complexity index is 1170. The van der Waals surface area contributed by atoms with Gasteiger partial charge in [-0.25, -0.2) is 0 Å². The molecule has 1 fully saturated rings. The van der Waals surface area contributed by atoms with Gasteiger partial charge >= 0.3 is 0 Å². The van der Waals surface area contributed by atoms with Gasteiger partial charge in [-0.1, -0.05) is 0 Å². The van der Waals surface area contributed by atoms with E-state index in [2.05, 4.69) is 30.6 Å². The highest BCUT2D eigenvalue weighted by atomic mass is 16.5. The van der Waals surface area contributed by atoms with E-state index in [1.54, 1.807) is 30.7 Å². The first-order valence-corrected chi connectivity index (χ1v) is 11.2. The predicted molar refractivity (Wildman–Crippen MR) is 123 cm³/mol. The molecule has 1 aliphatic rings. The Morgan fingerprint density at radius 1 is 0.912 bits per heavy atom. The number of rotatable bonds is 8. The van der Waals surface area contributed by atoms with Crippen molar-refractivity contribution in [3.8, 4) is 28.8 Å². The Hall–Kier alpha value is -4.21. The first-order chi connectivity index (χ1) is 16.8. The Balaban J connectivity index is 1.03. The fourth-order valence-corrected chi connectivity index (χ4v) is 3.85. The van der Waals surface area contributed by atoms with Crippen LogP contribution in [0.4, 0.5) is 5.82 Å². The second-order valence-corrected chi connectivity index (χ2v) is 7.89. The van der Waals surface area contributed by atoms with Gasteiger partial charge in [0.1, 0.15) is 18.0 Å². The summed E-state index contributed by atoms with van der Waals surface area (Å²) in [6.45, 7) is 2.22. The molecule has 1 amide bonds. The molecular weight excluding hydrogens is 436 g/mol. The Morgan fingerprint density at radius 2 is 1.59 bits per heavy atom. The van der Waals surface area contributed by atoms with Crippen molar-refractivity contribution in [3.05, 3.63) is 61.1 Å².